The molecule has 0 unspecified atom stereocenters. The zero-order chi connectivity index (χ0) is 30.4. The van der Waals surface area contributed by atoms with Gasteiger partial charge in [0.2, 0.25) is 0 Å². The van der Waals surface area contributed by atoms with Gasteiger partial charge in [0.05, 0.1) is 0 Å². The van der Waals surface area contributed by atoms with Gasteiger partial charge < -0.3 is 23.7 Å². The lowest BCUT2D eigenvalue weighted by atomic mass is 9.89. The van der Waals surface area contributed by atoms with Crippen molar-refractivity contribution in [1.29, 1.82) is 0 Å². The average molecular weight is 617 g/mol. The lowest BCUT2D eigenvalue weighted by molar-refractivity contribution is -0.254. The molecule has 2 aromatic rings. The summed E-state index contributed by atoms with van der Waals surface area (Å²) >= 11 is 3.71. The third-order valence-corrected chi connectivity index (χ3v) is 10.6. The summed E-state index contributed by atoms with van der Waals surface area (Å²) in [5.41, 5.74) is 4.13. The zero-order valence-corrected chi connectivity index (χ0v) is 26.0. The number of carbonyl (C=O) groups is 4. The molecule has 0 amide bonds. The van der Waals surface area contributed by atoms with Crippen molar-refractivity contribution < 1.29 is 42.9 Å². The number of hydrogen-bond acceptors (Lipinski definition) is 11. The Morgan fingerprint density at radius 2 is 1.38 bits per heavy atom. The number of hydrogen-bond donors (Lipinski definition) is 0. The summed E-state index contributed by atoms with van der Waals surface area (Å²) in [7, 11) is 0. The van der Waals surface area contributed by atoms with Crippen molar-refractivity contribution in [2.24, 2.45) is 0 Å². The highest BCUT2D eigenvalue weighted by molar-refractivity contribution is 8.20. The SMILES string of the molecule is CCc1ccc(C2(c3cccc([C@@H]4O[C@H](COC(C)=O)[C@@H](OC(C)=O)[C@H](OC(C)=O)[C@H]4OC(C)=O)c3)SCCS2)cc1. The minimum Gasteiger partial charge on any atom is -0.463 e. The van der Waals surface area contributed by atoms with Gasteiger partial charge in [-0.3, -0.25) is 19.2 Å². The van der Waals surface area contributed by atoms with E-state index in [0.29, 0.717) is 5.56 Å². The number of benzene rings is 2. The molecular formula is C31H36O9S2. The largest absolute Gasteiger partial charge is 0.463 e. The second-order valence-corrected chi connectivity index (χ2v) is 13.0. The number of esters is 4. The van der Waals surface area contributed by atoms with Crippen LogP contribution in [0.3, 0.4) is 0 Å². The Bertz CT molecular complexity index is 1290. The maximum Gasteiger partial charge on any atom is 0.303 e. The van der Waals surface area contributed by atoms with Gasteiger partial charge in [0.15, 0.2) is 18.3 Å². The van der Waals surface area contributed by atoms with Crippen LogP contribution in [0.15, 0.2) is 48.5 Å². The first kappa shape index (κ1) is 31.9. The van der Waals surface area contributed by atoms with E-state index in [9.17, 15) is 19.2 Å². The van der Waals surface area contributed by atoms with Crippen LogP contribution in [-0.2, 0) is 53.4 Å². The molecule has 0 N–H and O–H groups in total. The van der Waals surface area contributed by atoms with Crippen LogP contribution in [0.5, 0.6) is 0 Å². The van der Waals surface area contributed by atoms with Gasteiger partial charge in [0.25, 0.3) is 0 Å². The third-order valence-electron chi connectivity index (χ3n) is 7.02. The number of aryl methyl sites for hydroxylation is 1. The minimum atomic E-state index is -1.22. The molecule has 0 saturated carbocycles. The smallest absolute Gasteiger partial charge is 0.303 e. The number of carbonyl (C=O) groups excluding carboxylic acids is 4. The van der Waals surface area contributed by atoms with E-state index in [0.717, 1.165) is 23.5 Å². The predicted molar refractivity (Wildman–Crippen MR) is 159 cm³/mol. The van der Waals surface area contributed by atoms with Crippen molar-refractivity contribution in [3.63, 3.8) is 0 Å². The van der Waals surface area contributed by atoms with E-state index in [4.69, 9.17) is 23.7 Å². The van der Waals surface area contributed by atoms with Gasteiger partial charge >= 0.3 is 23.9 Å². The predicted octanol–water partition coefficient (Wildman–Crippen LogP) is 4.73. The summed E-state index contributed by atoms with van der Waals surface area (Å²) in [6.07, 6.45) is -4.55. The maximum absolute atomic E-state index is 12.3. The summed E-state index contributed by atoms with van der Waals surface area (Å²) in [5, 5.41) is 0. The molecule has 0 radical (unpaired) electrons. The lowest BCUT2D eigenvalue weighted by Gasteiger charge is -2.44. The third kappa shape index (κ3) is 7.30. The van der Waals surface area contributed by atoms with Gasteiger partial charge in [-0.1, -0.05) is 55.5 Å². The molecule has 2 aliphatic rings. The van der Waals surface area contributed by atoms with Crippen LogP contribution < -0.4 is 0 Å². The Kier molecular flexibility index (Phi) is 10.6. The fourth-order valence-electron chi connectivity index (χ4n) is 5.29. The van der Waals surface area contributed by atoms with E-state index in [1.165, 1.54) is 38.8 Å². The number of rotatable bonds is 9. The summed E-state index contributed by atoms with van der Waals surface area (Å²) in [4.78, 5) is 48.3. The summed E-state index contributed by atoms with van der Waals surface area (Å²) in [6.45, 7) is 6.76. The van der Waals surface area contributed by atoms with Gasteiger partial charge in [-0.2, -0.15) is 0 Å². The average Bonchev–Trinajstić information content (AvgIpc) is 3.45. The highest BCUT2D eigenvalue weighted by Crippen LogP contribution is 2.56. The molecule has 0 spiro atoms. The Morgan fingerprint density at radius 3 is 1.95 bits per heavy atom. The van der Waals surface area contributed by atoms with E-state index in [1.54, 1.807) is 0 Å². The zero-order valence-electron chi connectivity index (χ0n) is 24.3. The lowest BCUT2D eigenvalue weighted by Crippen LogP contribution is -2.59. The Hall–Kier alpha value is -3.02. The minimum absolute atomic E-state index is 0.270. The molecule has 0 bridgehead atoms. The topological polar surface area (TPSA) is 114 Å². The Balaban J connectivity index is 1.80. The molecule has 0 aliphatic carbocycles. The fourth-order valence-corrected chi connectivity index (χ4v) is 8.56. The summed E-state index contributed by atoms with van der Waals surface area (Å²) in [5.74, 6) is -0.565. The van der Waals surface area contributed by atoms with Gasteiger partial charge in [-0.05, 0) is 28.7 Å². The van der Waals surface area contributed by atoms with Crippen LogP contribution in [0, 0.1) is 0 Å². The van der Waals surface area contributed by atoms with Gasteiger partial charge in [-0.25, -0.2) is 0 Å². The van der Waals surface area contributed by atoms with E-state index in [2.05, 4.69) is 37.3 Å². The molecule has 2 aliphatic heterocycles. The van der Waals surface area contributed by atoms with E-state index < -0.39 is 54.4 Å². The van der Waals surface area contributed by atoms with Gasteiger partial charge in [0.1, 0.15) is 22.9 Å². The highest BCUT2D eigenvalue weighted by Gasteiger charge is 2.53. The monoisotopic (exact) mass is 616 g/mol. The molecule has 2 saturated heterocycles. The van der Waals surface area contributed by atoms with Crippen LogP contribution in [0.25, 0.3) is 0 Å². The molecule has 4 rings (SSSR count). The van der Waals surface area contributed by atoms with E-state index in [1.807, 2.05) is 41.7 Å². The highest BCUT2D eigenvalue weighted by atomic mass is 32.2. The summed E-state index contributed by atoms with van der Waals surface area (Å²) < 4.78 is 28.1. The fraction of sp³-hybridized carbons (Fsp3) is 0.484. The second kappa shape index (κ2) is 14.0. The maximum atomic E-state index is 12.3. The molecule has 11 heteroatoms. The number of thioether (sulfide) groups is 2. The summed E-state index contributed by atoms with van der Waals surface area (Å²) in [6, 6.07) is 16.5. The first-order valence-electron chi connectivity index (χ1n) is 13.8. The molecular weight excluding hydrogens is 580 g/mol. The van der Waals surface area contributed by atoms with Crippen molar-refractivity contribution in [1.82, 2.24) is 0 Å². The van der Waals surface area contributed by atoms with Gasteiger partial charge in [0, 0.05) is 39.2 Å². The van der Waals surface area contributed by atoms with Gasteiger partial charge in [-0.15, -0.1) is 23.5 Å². The normalized spacial score (nSPS) is 24.8. The van der Waals surface area contributed by atoms with Crippen molar-refractivity contribution >= 4 is 47.4 Å². The Labute approximate surface area is 254 Å². The van der Waals surface area contributed by atoms with Crippen molar-refractivity contribution in [3.05, 3.63) is 70.8 Å². The first-order valence-corrected chi connectivity index (χ1v) is 15.8. The van der Waals surface area contributed by atoms with E-state index >= 15 is 0 Å². The van der Waals surface area contributed by atoms with Crippen LogP contribution in [-0.4, -0.2) is 66.4 Å². The van der Waals surface area contributed by atoms with Crippen molar-refractivity contribution in [2.45, 2.75) is 75.6 Å². The quantitative estimate of drug-likeness (QED) is 0.288. The molecule has 9 nitrogen and oxygen atoms in total. The number of ether oxygens (including phenoxy) is 5. The molecule has 2 fully saturated rings. The molecule has 2 heterocycles. The van der Waals surface area contributed by atoms with Crippen molar-refractivity contribution in [2.75, 3.05) is 18.1 Å². The molecule has 42 heavy (non-hydrogen) atoms. The molecule has 5 atom stereocenters. The van der Waals surface area contributed by atoms with Crippen LogP contribution in [0.1, 0.15) is 63.0 Å². The molecule has 0 aromatic heterocycles. The Morgan fingerprint density at radius 1 is 0.786 bits per heavy atom. The first-order chi connectivity index (χ1) is 20.0. The van der Waals surface area contributed by atoms with Crippen molar-refractivity contribution in [3.8, 4) is 0 Å². The standard InChI is InChI=1S/C31H36O9S2/c1-6-22-10-12-24(13-11-22)31(41-14-15-42-31)25-9-7-8-23(16-25)27-29(38-20(4)34)30(39-21(5)35)28(37-19(3)33)26(40-27)17-36-18(2)32/h7-13,16,26-30H,6,14-15,17H2,1-5H3/t26-,27+,28-,29+,30+/m1/s1. The van der Waals surface area contributed by atoms with Crippen LogP contribution >= 0.6 is 23.5 Å². The molecule has 226 valence electrons. The second-order valence-electron chi connectivity index (χ2n) is 10.1. The molecule has 2 aromatic carbocycles. The van der Waals surface area contributed by atoms with Crippen LogP contribution in [0.2, 0.25) is 0 Å². The van der Waals surface area contributed by atoms with Crippen LogP contribution in [0.4, 0.5) is 0 Å². The van der Waals surface area contributed by atoms with E-state index in [-0.39, 0.29) is 10.7 Å².